The van der Waals surface area contributed by atoms with Crippen LogP contribution in [0.1, 0.15) is 45.2 Å². The van der Waals surface area contributed by atoms with Crippen LogP contribution < -0.4 is 10.6 Å². The SMILES string of the molecule is CCCNC(=NCc1ccccc1CN1CC(C)OC(C)C1)NCC.I. The Morgan fingerprint density at radius 1 is 1.12 bits per heavy atom. The third-order valence-electron chi connectivity index (χ3n) is 4.30. The average Bonchev–Trinajstić information content (AvgIpc) is 2.57. The molecule has 1 heterocycles. The monoisotopic (exact) mass is 474 g/mol. The lowest BCUT2D eigenvalue weighted by Crippen LogP contribution is -2.44. The van der Waals surface area contributed by atoms with Gasteiger partial charge in [-0.1, -0.05) is 31.2 Å². The van der Waals surface area contributed by atoms with Gasteiger partial charge in [-0.2, -0.15) is 0 Å². The van der Waals surface area contributed by atoms with Crippen molar-refractivity contribution in [3.05, 3.63) is 35.4 Å². The lowest BCUT2D eigenvalue weighted by Gasteiger charge is -2.35. The van der Waals surface area contributed by atoms with Crippen molar-refractivity contribution >= 4 is 29.9 Å². The second-order valence-corrected chi connectivity index (χ2v) is 6.84. The van der Waals surface area contributed by atoms with Crippen LogP contribution in [0.15, 0.2) is 29.3 Å². The summed E-state index contributed by atoms with van der Waals surface area (Å²) in [6.45, 7) is 14.0. The van der Waals surface area contributed by atoms with Crippen LogP contribution in [0, 0.1) is 0 Å². The first kappa shape index (κ1) is 23.2. The number of hydrogen-bond donors (Lipinski definition) is 2. The van der Waals surface area contributed by atoms with Gasteiger partial charge in [-0.3, -0.25) is 4.90 Å². The fourth-order valence-corrected chi connectivity index (χ4v) is 3.27. The van der Waals surface area contributed by atoms with Gasteiger partial charge in [0, 0.05) is 32.7 Å². The van der Waals surface area contributed by atoms with Crippen molar-refractivity contribution in [3.63, 3.8) is 0 Å². The minimum atomic E-state index is 0. The number of halogens is 1. The van der Waals surface area contributed by atoms with E-state index in [1.807, 2.05) is 0 Å². The van der Waals surface area contributed by atoms with Crippen LogP contribution >= 0.6 is 24.0 Å². The highest BCUT2D eigenvalue weighted by Gasteiger charge is 2.22. The maximum atomic E-state index is 5.85. The first-order valence-corrected chi connectivity index (χ1v) is 9.59. The summed E-state index contributed by atoms with van der Waals surface area (Å²) in [5.41, 5.74) is 2.65. The molecule has 1 aromatic rings. The summed E-state index contributed by atoms with van der Waals surface area (Å²) in [5, 5.41) is 6.68. The van der Waals surface area contributed by atoms with Gasteiger partial charge in [0.15, 0.2) is 5.96 Å². The van der Waals surface area contributed by atoms with Crippen LogP contribution in [0.2, 0.25) is 0 Å². The summed E-state index contributed by atoms with van der Waals surface area (Å²) in [7, 11) is 0. The van der Waals surface area contributed by atoms with Crippen molar-refractivity contribution in [2.45, 2.75) is 59.4 Å². The fourth-order valence-electron chi connectivity index (χ4n) is 3.27. The molecular weight excluding hydrogens is 439 g/mol. The number of nitrogens with zero attached hydrogens (tertiary/aromatic N) is 2. The van der Waals surface area contributed by atoms with Gasteiger partial charge < -0.3 is 15.4 Å². The predicted octanol–water partition coefficient (Wildman–Crippen LogP) is 3.38. The molecule has 26 heavy (non-hydrogen) atoms. The molecular formula is C20H35IN4O. The summed E-state index contributed by atoms with van der Waals surface area (Å²) in [6, 6.07) is 8.64. The number of benzene rings is 1. The molecule has 1 aliphatic rings. The van der Waals surface area contributed by atoms with Crippen molar-refractivity contribution in [2.75, 3.05) is 26.2 Å². The number of nitrogens with one attached hydrogen (secondary N) is 2. The van der Waals surface area contributed by atoms with E-state index in [0.29, 0.717) is 18.8 Å². The van der Waals surface area contributed by atoms with Crippen LogP contribution in [0.5, 0.6) is 0 Å². The Morgan fingerprint density at radius 2 is 1.77 bits per heavy atom. The van der Waals surface area contributed by atoms with E-state index in [0.717, 1.165) is 45.1 Å². The lowest BCUT2D eigenvalue weighted by atomic mass is 10.1. The Bertz CT molecular complexity index is 542. The summed E-state index contributed by atoms with van der Waals surface area (Å²) in [5.74, 6) is 0.896. The van der Waals surface area contributed by atoms with E-state index in [9.17, 15) is 0 Å². The van der Waals surface area contributed by atoms with Crippen LogP contribution in [0.25, 0.3) is 0 Å². The number of hydrogen-bond acceptors (Lipinski definition) is 3. The second-order valence-electron chi connectivity index (χ2n) is 6.84. The van der Waals surface area contributed by atoms with Crippen molar-refractivity contribution in [3.8, 4) is 0 Å². The minimum absolute atomic E-state index is 0. The van der Waals surface area contributed by atoms with E-state index in [2.05, 4.69) is 67.5 Å². The summed E-state index contributed by atoms with van der Waals surface area (Å²) in [6.07, 6.45) is 1.69. The van der Waals surface area contributed by atoms with Gasteiger partial charge in [-0.05, 0) is 38.3 Å². The number of aliphatic imine (C=N–C) groups is 1. The maximum absolute atomic E-state index is 5.85. The van der Waals surface area contributed by atoms with Gasteiger partial charge in [-0.25, -0.2) is 4.99 Å². The predicted molar refractivity (Wildman–Crippen MR) is 120 cm³/mol. The lowest BCUT2D eigenvalue weighted by molar-refractivity contribution is -0.0705. The third kappa shape index (κ3) is 7.80. The molecule has 0 aromatic heterocycles. The molecule has 1 fully saturated rings. The van der Waals surface area contributed by atoms with Crippen molar-refractivity contribution in [2.24, 2.45) is 4.99 Å². The Labute approximate surface area is 176 Å². The molecule has 148 valence electrons. The van der Waals surface area contributed by atoms with E-state index < -0.39 is 0 Å². The Hall–Kier alpha value is -0.860. The van der Waals surface area contributed by atoms with Crippen LogP contribution in [-0.2, 0) is 17.8 Å². The van der Waals surface area contributed by atoms with Crippen LogP contribution in [0.3, 0.4) is 0 Å². The summed E-state index contributed by atoms with van der Waals surface area (Å²) in [4.78, 5) is 7.24. The third-order valence-corrected chi connectivity index (χ3v) is 4.30. The molecule has 2 rings (SSSR count). The van der Waals surface area contributed by atoms with Crippen molar-refractivity contribution in [1.82, 2.24) is 15.5 Å². The van der Waals surface area contributed by atoms with Gasteiger partial charge >= 0.3 is 0 Å². The molecule has 1 aromatic carbocycles. The van der Waals surface area contributed by atoms with Gasteiger partial charge in [0.1, 0.15) is 0 Å². The molecule has 0 spiro atoms. The Kier molecular flexibility index (Phi) is 11.2. The molecule has 0 saturated carbocycles. The van der Waals surface area contributed by atoms with Crippen LogP contribution in [0.4, 0.5) is 0 Å². The number of ether oxygens (including phenoxy) is 1. The molecule has 2 unspecified atom stereocenters. The molecule has 1 aliphatic heterocycles. The molecule has 2 atom stereocenters. The zero-order valence-electron chi connectivity index (χ0n) is 16.6. The van der Waals surface area contributed by atoms with E-state index in [-0.39, 0.29) is 24.0 Å². The highest BCUT2D eigenvalue weighted by Crippen LogP contribution is 2.17. The highest BCUT2D eigenvalue weighted by atomic mass is 127. The second kappa shape index (κ2) is 12.5. The maximum Gasteiger partial charge on any atom is 0.191 e. The van der Waals surface area contributed by atoms with E-state index in [1.165, 1.54) is 11.1 Å². The first-order chi connectivity index (χ1) is 12.1. The fraction of sp³-hybridized carbons (Fsp3) is 0.650. The van der Waals surface area contributed by atoms with Gasteiger partial charge in [0.2, 0.25) is 0 Å². The zero-order valence-corrected chi connectivity index (χ0v) is 19.0. The molecule has 1 saturated heterocycles. The number of rotatable bonds is 7. The molecule has 5 nitrogen and oxygen atoms in total. The molecule has 0 amide bonds. The van der Waals surface area contributed by atoms with Crippen molar-refractivity contribution < 1.29 is 4.74 Å². The molecule has 0 aliphatic carbocycles. The Morgan fingerprint density at radius 3 is 2.38 bits per heavy atom. The van der Waals surface area contributed by atoms with Gasteiger partial charge in [-0.15, -0.1) is 24.0 Å². The smallest absolute Gasteiger partial charge is 0.191 e. The highest BCUT2D eigenvalue weighted by molar-refractivity contribution is 14.0. The van der Waals surface area contributed by atoms with Crippen molar-refractivity contribution in [1.29, 1.82) is 0 Å². The normalized spacial score (nSPS) is 21.2. The summed E-state index contributed by atoms with van der Waals surface area (Å²) < 4.78 is 5.85. The number of morpholine rings is 1. The average molecular weight is 474 g/mol. The van der Waals surface area contributed by atoms with Gasteiger partial charge in [0.05, 0.1) is 18.8 Å². The van der Waals surface area contributed by atoms with E-state index in [4.69, 9.17) is 9.73 Å². The topological polar surface area (TPSA) is 48.9 Å². The van der Waals surface area contributed by atoms with Crippen LogP contribution in [-0.4, -0.2) is 49.2 Å². The number of guanidine groups is 1. The van der Waals surface area contributed by atoms with E-state index >= 15 is 0 Å². The molecule has 0 radical (unpaired) electrons. The minimum Gasteiger partial charge on any atom is -0.373 e. The molecule has 6 heteroatoms. The Balaban J connectivity index is 0.00000338. The molecule has 2 N–H and O–H groups in total. The largest absolute Gasteiger partial charge is 0.373 e. The standard InChI is InChI=1S/C20H34N4O.HI/c1-5-11-22-20(21-6-2)23-12-18-9-7-8-10-19(18)15-24-13-16(3)25-17(4)14-24;/h7-10,16-17H,5-6,11-15H2,1-4H3,(H2,21,22,23);1H. The quantitative estimate of drug-likeness (QED) is 0.362. The summed E-state index contributed by atoms with van der Waals surface area (Å²) >= 11 is 0. The van der Waals surface area contributed by atoms with E-state index in [1.54, 1.807) is 0 Å². The zero-order chi connectivity index (χ0) is 18.1. The van der Waals surface area contributed by atoms with Gasteiger partial charge in [0.25, 0.3) is 0 Å². The molecule has 0 bridgehead atoms. The first-order valence-electron chi connectivity index (χ1n) is 9.59.